The Labute approximate surface area is 175 Å². The maximum absolute atomic E-state index is 12.1. The first-order valence-electron chi connectivity index (χ1n) is 9.49. The largest absolute Gasteiger partial charge is 0.462 e. The van der Waals surface area contributed by atoms with E-state index in [4.69, 9.17) is 4.74 Å². The number of esters is 1. The summed E-state index contributed by atoms with van der Waals surface area (Å²) in [5.74, 6) is -0.507. The van der Waals surface area contributed by atoms with E-state index < -0.39 is 5.97 Å². The van der Waals surface area contributed by atoms with Gasteiger partial charge in [0.1, 0.15) is 0 Å². The number of hydrogen-bond acceptors (Lipinski definition) is 5. The van der Waals surface area contributed by atoms with E-state index in [1.54, 1.807) is 24.3 Å². The van der Waals surface area contributed by atoms with Crippen LogP contribution in [0.5, 0.6) is 0 Å². The molecule has 0 radical (unpaired) electrons. The Morgan fingerprint density at radius 3 is 2.24 bits per heavy atom. The smallest absolute Gasteiger partial charge is 0.338 e. The molecule has 0 saturated carbocycles. The van der Waals surface area contributed by atoms with Crippen molar-refractivity contribution < 1.29 is 19.1 Å². The summed E-state index contributed by atoms with van der Waals surface area (Å²) >= 11 is 1.22. The van der Waals surface area contributed by atoms with Crippen LogP contribution in [0.3, 0.4) is 0 Å². The van der Waals surface area contributed by atoms with Crippen molar-refractivity contribution in [1.82, 2.24) is 0 Å². The normalized spacial score (nSPS) is 10.3. The van der Waals surface area contributed by atoms with Crippen LogP contribution in [0.2, 0.25) is 0 Å². The third-order valence-electron chi connectivity index (χ3n) is 3.91. The van der Waals surface area contributed by atoms with Crippen molar-refractivity contribution in [1.29, 1.82) is 0 Å². The van der Waals surface area contributed by atoms with Crippen LogP contribution in [0.15, 0.2) is 48.5 Å². The van der Waals surface area contributed by atoms with Gasteiger partial charge in [-0.1, -0.05) is 37.1 Å². The molecule has 0 atom stereocenters. The SMILES string of the molecule is CCCCOC(=O)c1cccc(NC(=O)CSCC(=O)Nc2ccc(C)cc2)c1. The van der Waals surface area contributed by atoms with Crippen molar-refractivity contribution >= 4 is 40.9 Å². The van der Waals surface area contributed by atoms with E-state index in [9.17, 15) is 14.4 Å². The summed E-state index contributed by atoms with van der Waals surface area (Å²) < 4.78 is 5.17. The van der Waals surface area contributed by atoms with Crippen LogP contribution < -0.4 is 10.6 Å². The van der Waals surface area contributed by atoms with Crippen molar-refractivity contribution in [3.05, 3.63) is 59.7 Å². The predicted molar refractivity (Wildman–Crippen MR) is 117 cm³/mol. The molecule has 2 N–H and O–H groups in total. The van der Waals surface area contributed by atoms with E-state index in [0.29, 0.717) is 17.9 Å². The number of thioether (sulfide) groups is 1. The first-order chi connectivity index (χ1) is 14.0. The Bertz CT molecular complexity index is 837. The summed E-state index contributed by atoms with van der Waals surface area (Å²) in [5, 5.41) is 5.53. The molecule has 0 aliphatic carbocycles. The van der Waals surface area contributed by atoms with Gasteiger partial charge in [-0.25, -0.2) is 4.79 Å². The third-order valence-corrected chi connectivity index (χ3v) is 4.85. The zero-order chi connectivity index (χ0) is 21.1. The summed E-state index contributed by atoms with van der Waals surface area (Å²) in [5.41, 5.74) is 2.76. The zero-order valence-corrected chi connectivity index (χ0v) is 17.5. The Morgan fingerprint density at radius 1 is 0.931 bits per heavy atom. The van der Waals surface area contributed by atoms with E-state index in [0.717, 1.165) is 24.1 Å². The minimum atomic E-state index is -0.406. The van der Waals surface area contributed by atoms with Crippen molar-refractivity contribution in [2.75, 3.05) is 28.7 Å². The summed E-state index contributed by atoms with van der Waals surface area (Å²) in [6.07, 6.45) is 1.76. The average Bonchev–Trinajstić information content (AvgIpc) is 2.70. The number of ether oxygens (including phenoxy) is 1. The summed E-state index contributed by atoms with van der Waals surface area (Å²) in [7, 11) is 0. The van der Waals surface area contributed by atoms with Crippen LogP contribution in [-0.4, -0.2) is 35.9 Å². The average molecular weight is 415 g/mol. The lowest BCUT2D eigenvalue weighted by Crippen LogP contribution is -2.18. The fourth-order valence-electron chi connectivity index (χ4n) is 2.38. The van der Waals surface area contributed by atoms with Gasteiger partial charge in [-0.3, -0.25) is 9.59 Å². The number of carbonyl (C=O) groups is 3. The second kappa shape index (κ2) is 11.9. The molecule has 0 bridgehead atoms. The molecule has 0 unspecified atom stereocenters. The fourth-order valence-corrected chi connectivity index (χ4v) is 3.00. The number of hydrogen-bond donors (Lipinski definition) is 2. The highest BCUT2D eigenvalue weighted by Crippen LogP contribution is 2.14. The van der Waals surface area contributed by atoms with E-state index in [-0.39, 0.29) is 23.3 Å². The van der Waals surface area contributed by atoms with Gasteiger partial charge in [0.05, 0.1) is 23.7 Å². The molecule has 0 fully saturated rings. The number of nitrogens with one attached hydrogen (secondary N) is 2. The quantitative estimate of drug-likeness (QED) is 0.448. The van der Waals surface area contributed by atoms with Gasteiger partial charge in [-0.05, 0) is 43.7 Å². The van der Waals surface area contributed by atoms with Gasteiger partial charge in [0.15, 0.2) is 0 Å². The van der Waals surface area contributed by atoms with Crippen LogP contribution in [0, 0.1) is 6.92 Å². The molecule has 0 aliphatic rings. The standard InChI is InChI=1S/C22H26N2O4S/c1-3-4-12-28-22(27)17-6-5-7-19(13-17)24-21(26)15-29-14-20(25)23-18-10-8-16(2)9-11-18/h5-11,13H,3-4,12,14-15H2,1-2H3,(H,23,25)(H,24,26). The van der Waals surface area contributed by atoms with Crippen molar-refractivity contribution in [3.63, 3.8) is 0 Å². The molecule has 0 aliphatic heterocycles. The van der Waals surface area contributed by atoms with Gasteiger partial charge in [0.2, 0.25) is 11.8 Å². The molecule has 0 spiro atoms. The minimum absolute atomic E-state index is 0.131. The van der Waals surface area contributed by atoms with Crippen LogP contribution in [0.25, 0.3) is 0 Å². The lowest BCUT2D eigenvalue weighted by atomic mass is 10.2. The van der Waals surface area contributed by atoms with Crippen LogP contribution in [-0.2, 0) is 14.3 Å². The first kappa shape index (κ1) is 22.5. The van der Waals surface area contributed by atoms with Gasteiger partial charge < -0.3 is 15.4 Å². The monoisotopic (exact) mass is 414 g/mol. The maximum Gasteiger partial charge on any atom is 0.338 e. The molecule has 7 heteroatoms. The third kappa shape index (κ3) is 8.39. The molecule has 154 valence electrons. The number of anilines is 2. The number of aryl methyl sites for hydroxylation is 1. The molecule has 0 saturated heterocycles. The van der Waals surface area contributed by atoms with Crippen molar-refractivity contribution in [2.24, 2.45) is 0 Å². The van der Waals surface area contributed by atoms with Gasteiger partial charge in [0.25, 0.3) is 0 Å². The molecule has 6 nitrogen and oxygen atoms in total. The molecule has 2 amide bonds. The molecule has 29 heavy (non-hydrogen) atoms. The van der Waals surface area contributed by atoms with Crippen molar-refractivity contribution in [2.45, 2.75) is 26.7 Å². The molecular formula is C22H26N2O4S. The van der Waals surface area contributed by atoms with Gasteiger partial charge >= 0.3 is 5.97 Å². The van der Waals surface area contributed by atoms with Gasteiger partial charge in [0, 0.05) is 11.4 Å². The van der Waals surface area contributed by atoms with Crippen LogP contribution in [0.4, 0.5) is 11.4 Å². The van der Waals surface area contributed by atoms with Gasteiger partial charge in [-0.2, -0.15) is 0 Å². The second-order valence-electron chi connectivity index (χ2n) is 6.53. The van der Waals surface area contributed by atoms with Gasteiger partial charge in [-0.15, -0.1) is 11.8 Å². The summed E-state index contributed by atoms with van der Waals surface area (Å²) in [4.78, 5) is 36.0. The Balaban J connectivity index is 1.74. The first-order valence-corrected chi connectivity index (χ1v) is 10.6. The highest BCUT2D eigenvalue weighted by atomic mass is 32.2. The molecular weight excluding hydrogens is 388 g/mol. The van der Waals surface area contributed by atoms with Crippen LogP contribution >= 0.6 is 11.8 Å². The Morgan fingerprint density at radius 2 is 1.59 bits per heavy atom. The van der Waals surface area contributed by atoms with E-state index in [1.807, 2.05) is 38.1 Å². The molecule has 0 aromatic heterocycles. The summed E-state index contributed by atoms with van der Waals surface area (Å²) in [6, 6.07) is 14.1. The lowest BCUT2D eigenvalue weighted by Gasteiger charge is -2.08. The number of rotatable bonds is 10. The summed E-state index contributed by atoms with van der Waals surface area (Å²) in [6.45, 7) is 4.38. The maximum atomic E-state index is 12.1. The minimum Gasteiger partial charge on any atom is -0.462 e. The highest BCUT2D eigenvalue weighted by molar-refractivity contribution is 8.00. The van der Waals surface area contributed by atoms with Crippen LogP contribution in [0.1, 0.15) is 35.7 Å². The number of amides is 2. The van der Waals surface area contributed by atoms with E-state index >= 15 is 0 Å². The zero-order valence-electron chi connectivity index (χ0n) is 16.7. The lowest BCUT2D eigenvalue weighted by molar-refractivity contribution is -0.114. The van der Waals surface area contributed by atoms with Crippen molar-refractivity contribution in [3.8, 4) is 0 Å². The number of benzene rings is 2. The Kier molecular flexibility index (Phi) is 9.24. The number of carbonyl (C=O) groups excluding carboxylic acids is 3. The Hall–Kier alpha value is -2.80. The van der Waals surface area contributed by atoms with E-state index in [1.165, 1.54) is 11.8 Å². The van der Waals surface area contributed by atoms with E-state index in [2.05, 4.69) is 10.6 Å². The fraction of sp³-hybridized carbons (Fsp3) is 0.318. The predicted octanol–water partition coefficient (Wildman–Crippen LogP) is 4.26. The molecule has 2 aromatic rings. The molecule has 0 heterocycles. The number of unbranched alkanes of at least 4 members (excludes halogenated alkanes) is 1. The topological polar surface area (TPSA) is 84.5 Å². The second-order valence-corrected chi connectivity index (χ2v) is 7.51. The highest BCUT2D eigenvalue weighted by Gasteiger charge is 2.10. The molecule has 2 rings (SSSR count). The molecule has 2 aromatic carbocycles.